The predicted molar refractivity (Wildman–Crippen MR) is 44.2 cm³/mol. The van der Waals surface area contributed by atoms with Crippen molar-refractivity contribution in [2.24, 2.45) is 5.73 Å². The summed E-state index contributed by atoms with van der Waals surface area (Å²) >= 11 is 10.4. The van der Waals surface area contributed by atoms with Crippen LogP contribution in [0.25, 0.3) is 0 Å². The molecule has 0 saturated heterocycles. The first-order valence-electron chi connectivity index (χ1n) is 3.21. The van der Waals surface area contributed by atoms with Gasteiger partial charge in [-0.3, -0.25) is 0 Å². The van der Waals surface area contributed by atoms with Crippen molar-refractivity contribution in [1.29, 1.82) is 0 Å². The topological polar surface area (TPSA) is 26.0 Å². The van der Waals surface area contributed by atoms with Crippen LogP contribution in [0, 0.1) is 17.5 Å². The van der Waals surface area contributed by atoms with Gasteiger partial charge in [0.25, 0.3) is 0 Å². The van der Waals surface area contributed by atoms with Gasteiger partial charge >= 0.3 is 0 Å². The minimum absolute atomic E-state index is 0.328. The second-order valence-electron chi connectivity index (χ2n) is 2.25. The van der Waals surface area contributed by atoms with Crippen LogP contribution < -0.4 is 5.73 Å². The summed E-state index contributed by atoms with van der Waals surface area (Å²) in [6.07, 6.45) is 0. The lowest BCUT2D eigenvalue weighted by molar-refractivity contribution is 0.491. The average Bonchev–Trinajstić information content (AvgIpc) is 2.13. The molecule has 0 bridgehead atoms. The Balaban J connectivity index is 3.56. The lowest BCUT2D eigenvalue weighted by Crippen LogP contribution is -2.05. The van der Waals surface area contributed by atoms with Gasteiger partial charge in [0.05, 0.1) is 5.02 Å². The highest BCUT2D eigenvalue weighted by Crippen LogP contribution is 2.31. The average molecular weight is 230 g/mol. The van der Waals surface area contributed by atoms with E-state index < -0.39 is 27.5 Å². The van der Waals surface area contributed by atoms with Crippen molar-refractivity contribution in [2.75, 3.05) is 0 Å². The van der Waals surface area contributed by atoms with Crippen LogP contribution in [-0.4, -0.2) is 0 Å². The summed E-state index contributed by atoms with van der Waals surface area (Å²) in [5, 5.41) is -1.59. The number of hydrogen-bond acceptors (Lipinski definition) is 1. The molecule has 6 heteroatoms. The predicted octanol–water partition coefficient (Wildman–Crippen LogP) is 2.87. The molecule has 72 valence electrons. The van der Waals surface area contributed by atoms with Crippen molar-refractivity contribution in [3.63, 3.8) is 0 Å². The molecule has 0 unspecified atom stereocenters. The van der Waals surface area contributed by atoms with Gasteiger partial charge in [0.2, 0.25) is 0 Å². The molecule has 0 aliphatic heterocycles. The Hall–Kier alpha value is -0.450. The number of benzene rings is 1. The maximum Gasteiger partial charge on any atom is 0.181 e. The second-order valence-corrected chi connectivity index (χ2v) is 3.01. The van der Waals surface area contributed by atoms with Crippen LogP contribution in [0.1, 0.15) is 5.56 Å². The van der Waals surface area contributed by atoms with E-state index in [1.807, 2.05) is 0 Å². The zero-order valence-corrected chi connectivity index (χ0v) is 7.69. The van der Waals surface area contributed by atoms with Crippen molar-refractivity contribution in [3.8, 4) is 0 Å². The van der Waals surface area contributed by atoms with Gasteiger partial charge in [-0.25, -0.2) is 13.2 Å². The summed E-state index contributed by atoms with van der Waals surface area (Å²) < 4.78 is 38.5. The standard InChI is InChI=1S/C7H4Cl2F3N/c8-3-2(1-13)5(10)4(9)7(12)6(3)11/h1,13H2. The molecule has 0 spiro atoms. The van der Waals surface area contributed by atoms with E-state index in [1.54, 1.807) is 0 Å². The van der Waals surface area contributed by atoms with Gasteiger partial charge in [-0.05, 0) is 0 Å². The maximum absolute atomic E-state index is 13.0. The summed E-state index contributed by atoms with van der Waals surface area (Å²) in [7, 11) is 0. The Bertz CT molecular complexity index is 325. The van der Waals surface area contributed by atoms with E-state index in [0.29, 0.717) is 0 Å². The number of hydrogen-bond donors (Lipinski definition) is 1. The van der Waals surface area contributed by atoms with Crippen molar-refractivity contribution < 1.29 is 13.2 Å². The minimum atomic E-state index is -1.50. The van der Waals surface area contributed by atoms with E-state index in [-0.39, 0.29) is 12.1 Å². The maximum atomic E-state index is 13.0. The molecule has 1 aromatic carbocycles. The Morgan fingerprint density at radius 3 is 1.85 bits per heavy atom. The van der Waals surface area contributed by atoms with Crippen molar-refractivity contribution >= 4 is 23.2 Å². The van der Waals surface area contributed by atoms with E-state index in [9.17, 15) is 13.2 Å². The third kappa shape index (κ3) is 1.61. The van der Waals surface area contributed by atoms with Gasteiger partial charge in [-0.2, -0.15) is 0 Å². The fourth-order valence-electron chi connectivity index (χ4n) is 0.830. The highest BCUT2D eigenvalue weighted by molar-refractivity contribution is 6.34. The summed E-state index contributed by atoms with van der Waals surface area (Å²) in [6.45, 7) is -0.346. The van der Waals surface area contributed by atoms with Crippen LogP contribution in [-0.2, 0) is 6.54 Å². The molecule has 0 radical (unpaired) electrons. The largest absolute Gasteiger partial charge is 0.326 e. The second kappa shape index (κ2) is 3.74. The van der Waals surface area contributed by atoms with Gasteiger partial charge < -0.3 is 5.73 Å². The van der Waals surface area contributed by atoms with Crippen LogP contribution in [0.15, 0.2) is 0 Å². The van der Waals surface area contributed by atoms with Crippen molar-refractivity contribution in [3.05, 3.63) is 33.1 Å². The summed E-state index contributed by atoms with van der Waals surface area (Å²) in [4.78, 5) is 0. The highest BCUT2D eigenvalue weighted by Gasteiger charge is 2.21. The van der Waals surface area contributed by atoms with Gasteiger partial charge in [0, 0.05) is 12.1 Å². The molecule has 1 aromatic rings. The monoisotopic (exact) mass is 229 g/mol. The molecule has 0 aliphatic carbocycles. The normalized spacial score (nSPS) is 10.6. The van der Waals surface area contributed by atoms with Crippen LogP contribution >= 0.6 is 23.2 Å². The SMILES string of the molecule is NCc1c(F)c(Cl)c(F)c(F)c1Cl. The van der Waals surface area contributed by atoms with Gasteiger partial charge in [-0.1, -0.05) is 23.2 Å². The third-order valence-electron chi connectivity index (χ3n) is 1.50. The number of halogens is 5. The van der Waals surface area contributed by atoms with Crippen LogP contribution in [0.3, 0.4) is 0 Å². The van der Waals surface area contributed by atoms with Gasteiger partial charge in [0.1, 0.15) is 5.02 Å². The molecule has 1 rings (SSSR count). The fourth-order valence-corrected chi connectivity index (χ4v) is 1.27. The number of nitrogens with two attached hydrogens (primary N) is 1. The molecule has 0 atom stereocenters. The molecule has 0 amide bonds. The first kappa shape index (κ1) is 10.6. The van der Waals surface area contributed by atoms with Crippen molar-refractivity contribution in [1.82, 2.24) is 0 Å². The third-order valence-corrected chi connectivity index (χ3v) is 2.23. The zero-order valence-electron chi connectivity index (χ0n) is 6.17. The van der Waals surface area contributed by atoms with Gasteiger partial charge in [0.15, 0.2) is 17.5 Å². The van der Waals surface area contributed by atoms with Gasteiger partial charge in [-0.15, -0.1) is 0 Å². The summed E-state index contributed by atoms with van der Waals surface area (Å²) in [5.74, 6) is -4.00. The van der Waals surface area contributed by atoms with E-state index in [4.69, 9.17) is 28.9 Å². The van der Waals surface area contributed by atoms with E-state index in [0.717, 1.165) is 0 Å². The molecule has 1 nitrogen and oxygen atoms in total. The molecule has 0 aromatic heterocycles. The first-order valence-corrected chi connectivity index (χ1v) is 3.96. The van der Waals surface area contributed by atoms with Crippen LogP contribution in [0.2, 0.25) is 10.0 Å². The smallest absolute Gasteiger partial charge is 0.181 e. The lowest BCUT2D eigenvalue weighted by Gasteiger charge is -2.06. The molecule has 2 N–H and O–H groups in total. The molecule has 13 heavy (non-hydrogen) atoms. The van der Waals surface area contributed by atoms with Crippen LogP contribution in [0.4, 0.5) is 13.2 Å². The molecule has 0 saturated carbocycles. The Kier molecular flexibility index (Phi) is 3.05. The minimum Gasteiger partial charge on any atom is -0.326 e. The molecule has 0 heterocycles. The Morgan fingerprint density at radius 1 is 0.923 bits per heavy atom. The van der Waals surface area contributed by atoms with E-state index >= 15 is 0 Å². The van der Waals surface area contributed by atoms with E-state index in [2.05, 4.69) is 0 Å². The Labute approximate surface area is 82.2 Å². The molecular weight excluding hydrogens is 226 g/mol. The summed E-state index contributed by atoms with van der Waals surface area (Å²) in [6, 6.07) is 0. The molecule has 0 aliphatic rings. The quantitative estimate of drug-likeness (QED) is 0.582. The molecule has 0 fully saturated rings. The lowest BCUT2D eigenvalue weighted by atomic mass is 10.2. The first-order chi connectivity index (χ1) is 6.00. The molecular formula is C7H4Cl2F3N. The number of rotatable bonds is 1. The Morgan fingerprint density at radius 2 is 1.38 bits per heavy atom. The zero-order chi connectivity index (χ0) is 10.2. The van der Waals surface area contributed by atoms with Crippen LogP contribution in [0.5, 0.6) is 0 Å². The fraction of sp³-hybridized carbons (Fsp3) is 0.143. The van der Waals surface area contributed by atoms with E-state index in [1.165, 1.54) is 0 Å². The summed E-state index contributed by atoms with van der Waals surface area (Å²) in [5.41, 5.74) is 4.74. The van der Waals surface area contributed by atoms with Crippen molar-refractivity contribution in [2.45, 2.75) is 6.54 Å². The highest BCUT2D eigenvalue weighted by atomic mass is 35.5.